The average Bonchev–Trinajstić information content (AvgIpc) is 2.40. The summed E-state index contributed by atoms with van der Waals surface area (Å²) >= 11 is 0. The van der Waals surface area contributed by atoms with Crippen molar-refractivity contribution in [1.82, 2.24) is 5.32 Å². The van der Waals surface area contributed by atoms with E-state index >= 15 is 0 Å². The van der Waals surface area contributed by atoms with E-state index in [-0.39, 0.29) is 0 Å². The maximum absolute atomic E-state index is 5.52. The molecule has 4 nitrogen and oxygen atoms in total. The molecular formula is C14H31NO3. The van der Waals surface area contributed by atoms with Crippen LogP contribution in [-0.4, -0.2) is 52.7 Å². The van der Waals surface area contributed by atoms with E-state index in [2.05, 4.69) is 19.2 Å². The summed E-state index contributed by atoms with van der Waals surface area (Å²) in [6.45, 7) is 9.03. The Bertz CT molecular complexity index is 156. The Morgan fingerprint density at radius 2 is 1.61 bits per heavy atom. The summed E-state index contributed by atoms with van der Waals surface area (Å²) in [6.07, 6.45) is 4.71. The van der Waals surface area contributed by atoms with Crippen molar-refractivity contribution in [3.63, 3.8) is 0 Å². The van der Waals surface area contributed by atoms with Gasteiger partial charge in [-0.05, 0) is 32.2 Å². The Balaban J connectivity index is 3.17. The van der Waals surface area contributed by atoms with E-state index < -0.39 is 0 Å². The third-order valence-electron chi connectivity index (χ3n) is 2.82. The molecule has 18 heavy (non-hydrogen) atoms. The van der Waals surface area contributed by atoms with Gasteiger partial charge in [0, 0.05) is 19.8 Å². The molecule has 4 heteroatoms. The van der Waals surface area contributed by atoms with Gasteiger partial charge in [0.05, 0.1) is 26.4 Å². The van der Waals surface area contributed by atoms with Gasteiger partial charge in [-0.1, -0.05) is 13.8 Å². The van der Waals surface area contributed by atoms with E-state index in [1.807, 2.05) is 0 Å². The Hall–Kier alpha value is -0.160. The van der Waals surface area contributed by atoms with Gasteiger partial charge in [-0.15, -0.1) is 0 Å². The molecule has 0 saturated carbocycles. The summed E-state index contributed by atoms with van der Waals surface area (Å²) in [7, 11) is 1.68. The number of nitrogens with one attached hydrogen (secondary N) is 1. The molecule has 0 aliphatic rings. The van der Waals surface area contributed by atoms with Crippen LogP contribution in [0.25, 0.3) is 0 Å². The van der Waals surface area contributed by atoms with E-state index in [1.165, 1.54) is 19.3 Å². The first-order chi connectivity index (χ1) is 8.85. The molecule has 0 aromatic heterocycles. The minimum absolute atomic E-state index is 0.645. The van der Waals surface area contributed by atoms with E-state index in [1.54, 1.807) is 7.11 Å². The second kappa shape index (κ2) is 14.9. The molecule has 0 saturated heterocycles. The van der Waals surface area contributed by atoms with E-state index in [0.717, 1.165) is 19.6 Å². The molecule has 1 N–H and O–H groups in total. The normalized spacial score (nSPS) is 12.8. The van der Waals surface area contributed by atoms with Crippen LogP contribution in [0.2, 0.25) is 0 Å². The summed E-state index contributed by atoms with van der Waals surface area (Å²) in [4.78, 5) is 0. The Morgan fingerprint density at radius 1 is 0.944 bits per heavy atom. The van der Waals surface area contributed by atoms with Crippen LogP contribution in [0.15, 0.2) is 0 Å². The quantitative estimate of drug-likeness (QED) is 0.487. The van der Waals surface area contributed by atoms with Crippen LogP contribution in [0.3, 0.4) is 0 Å². The van der Waals surface area contributed by atoms with Crippen molar-refractivity contribution in [2.24, 2.45) is 0 Å². The zero-order chi connectivity index (χ0) is 13.5. The van der Waals surface area contributed by atoms with Gasteiger partial charge >= 0.3 is 0 Å². The summed E-state index contributed by atoms with van der Waals surface area (Å²) in [5.41, 5.74) is 0. The predicted octanol–water partition coefficient (Wildman–Crippen LogP) is 2.22. The third kappa shape index (κ3) is 12.3. The molecule has 0 aliphatic heterocycles. The van der Waals surface area contributed by atoms with Crippen molar-refractivity contribution in [3.8, 4) is 0 Å². The molecule has 110 valence electrons. The predicted molar refractivity (Wildman–Crippen MR) is 75.1 cm³/mol. The van der Waals surface area contributed by atoms with Crippen molar-refractivity contribution in [2.75, 3.05) is 46.7 Å². The van der Waals surface area contributed by atoms with E-state index in [0.29, 0.717) is 32.5 Å². The zero-order valence-electron chi connectivity index (χ0n) is 12.4. The highest BCUT2D eigenvalue weighted by Crippen LogP contribution is 2.02. The molecule has 0 radical (unpaired) electrons. The first-order valence-electron chi connectivity index (χ1n) is 7.22. The van der Waals surface area contributed by atoms with Crippen LogP contribution < -0.4 is 5.32 Å². The molecule has 0 fully saturated rings. The van der Waals surface area contributed by atoms with Gasteiger partial charge in [-0.25, -0.2) is 0 Å². The lowest BCUT2D eigenvalue weighted by atomic mass is 10.1. The molecule has 1 atom stereocenters. The third-order valence-corrected chi connectivity index (χ3v) is 2.82. The smallest absolute Gasteiger partial charge is 0.0701 e. The van der Waals surface area contributed by atoms with Crippen molar-refractivity contribution < 1.29 is 14.2 Å². The molecule has 1 unspecified atom stereocenters. The zero-order valence-corrected chi connectivity index (χ0v) is 12.4. The fourth-order valence-electron chi connectivity index (χ4n) is 1.70. The standard InChI is InChI=1S/C14H31NO3/c1-4-8-15-14(5-2)7-6-9-17-12-13-18-11-10-16-3/h14-15H,4-13H2,1-3H3. The van der Waals surface area contributed by atoms with Gasteiger partial charge in [0.2, 0.25) is 0 Å². The van der Waals surface area contributed by atoms with Crippen LogP contribution >= 0.6 is 0 Å². The number of hydrogen-bond acceptors (Lipinski definition) is 4. The lowest BCUT2D eigenvalue weighted by Crippen LogP contribution is -2.29. The fourth-order valence-corrected chi connectivity index (χ4v) is 1.70. The van der Waals surface area contributed by atoms with Crippen molar-refractivity contribution in [2.45, 2.75) is 45.6 Å². The fraction of sp³-hybridized carbons (Fsp3) is 1.00. The molecule has 0 heterocycles. The van der Waals surface area contributed by atoms with Gasteiger partial charge in [-0.3, -0.25) is 0 Å². The molecule has 0 amide bonds. The summed E-state index contributed by atoms with van der Waals surface area (Å²) in [6, 6.07) is 0.645. The lowest BCUT2D eigenvalue weighted by molar-refractivity contribution is 0.0236. The summed E-state index contributed by atoms with van der Waals surface area (Å²) in [5.74, 6) is 0. The maximum atomic E-state index is 5.52. The second-order valence-electron chi connectivity index (χ2n) is 4.42. The van der Waals surface area contributed by atoms with Gasteiger partial charge in [0.1, 0.15) is 0 Å². The number of ether oxygens (including phenoxy) is 3. The summed E-state index contributed by atoms with van der Waals surface area (Å²) < 4.78 is 15.7. The molecule has 0 aromatic rings. The van der Waals surface area contributed by atoms with Crippen LogP contribution in [0.4, 0.5) is 0 Å². The van der Waals surface area contributed by atoms with Gasteiger partial charge in [0.25, 0.3) is 0 Å². The van der Waals surface area contributed by atoms with Crippen molar-refractivity contribution in [1.29, 1.82) is 0 Å². The van der Waals surface area contributed by atoms with Crippen LogP contribution in [0.5, 0.6) is 0 Å². The van der Waals surface area contributed by atoms with Crippen molar-refractivity contribution >= 4 is 0 Å². The van der Waals surface area contributed by atoms with Gasteiger partial charge < -0.3 is 19.5 Å². The Labute approximate surface area is 112 Å². The minimum Gasteiger partial charge on any atom is -0.382 e. The molecule has 0 rings (SSSR count). The molecule has 0 bridgehead atoms. The maximum Gasteiger partial charge on any atom is 0.0701 e. The monoisotopic (exact) mass is 261 g/mol. The van der Waals surface area contributed by atoms with E-state index in [9.17, 15) is 0 Å². The van der Waals surface area contributed by atoms with E-state index in [4.69, 9.17) is 14.2 Å². The van der Waals surface area contributed by atoms with Crippen LogP contribution in [0, 0.1) is 0 Å². The average molecular weight is 261 g/mol. The highest BCUT2D eigenvalue weighted by molar-refractivity contribution is 4.63. The highest BCUT2D eigenvalue weighted by atomic mass is 16.5. The number of hydrogen-bond donors (Lipinski definition) is 1. The first kappa shape index (κ1) is 17.8. The van der Waals surface area contributed by atoms with Crippen LogP contribution in [0.1, 0.15) is 39.5 Å². The van der Waals surface area contributed by atoms with Gasteiger partial charge in [-0.2, -0.15) is 0 Å². The molecule has 0 aliphatic carbocycles. The molecule has 0 spiro atoms. The van der Waals surface area contributed by atoms with Crippen molar-refractivity contribution in [3.05, 3.63) is 0 Å². The number of rotatable bonds is 14. The molecular weight excluding hydrogens is 230 g/mol. The topological polar surface area (TPSA) is 39.7 Å². The number of methoxy groups -OCH3 is 1. The first-order valence-corrected chi connectivity index (χ1v) is 7.22. The van der Waals surface area contributed by atoms with Crippen LogP contribution in [-0.2, 0) is 14.2 Å². The SMILES string of the molecule is CCCNC(CC)CCCOCCOCCOC. The molecule has 0 aromatic carbocycles. The highest BCUT2D eigenvalue weighted by Gasteiger charge is 2.03. The van der Waals surface area contributed by atoms with Gasteiger partial charge in [0.15, 0.2) is 0 Å². The second-order valence-corrected chi connectivity index (χ2v) is 4.42. The largest absolute Gasteiger partial charge is 0.382 e. The lowest BCUT2D eigenvalue weighted by Gasteiger charge is -2.16. The Morgan fingerprint density at radius 3 is 2.22 bits per heavy atom. The summed E-state index contributed by atoms with van der Waals surface area (Å²) in [5, 5.41) is 3.55. The minimum atomic E-state index is 0.645. The Kier molecular flexibility index (Phi) is 14.8.